The highest BCUT2D eigenvalue weighted by atomic mass is 16.5. The molecule has 0 bridgehead atoms. The molecule has 1 amide bonds. The second-order valence-electron chi connectivity index (χ2n) is 7.90. The van der Waals surface area contributed by atoms with Crippen LogP contribution in [0.15, 0.2) is 49.1 Å². The van der Waals surface area contributed by atoms with E-state index < -0.39 is 6.04 Å². The van der Waals surface area contributed by atoms with Crippen molar-refractivity contribution in [2.24, 2.45) is 0 Å². The Balaban J connectivity index is 1.55. The molecule has 4 aromatic rings. The van der Waals surface area contributed by atoms with Crippen molar-refractivity contribution in [2.75, 3.05) is 5.73 Å². The molecule has 5 heterocycles. The van der Waals surface area contributed by atoms with Gasteiger partial charge >= 0.3 is 0 Å². The van der Waals surface area contributed by atoms with Crippen molar-refractivity contribution in [3.05, 3.63) is 83.0 Å². The molecule has 0 saturated carbocycles. The predicted octanol–water partition coefficient (Wildman–Crippen LogP) is 2.70. The number of carbonyl (C=O) groups excluding carboxylic acids is 1. The summed E-state index contributed by atoms with van der Waals surface area (Å²) in [6.45, 7) is 2.84. The van der Waals surface area contributed by atoms with E-state index in [0.29, 0.717) is 41.6 Å². The fraction of sp³-hybridized carbons (Fsp3) is 0.208. The summed E-state index contributed by atoms with van der Waals surface area (Å²) in [4.78, 5) is 37.1. The second kappa shape index (κ2) is 8.80. The van der Waals surface area contributed by atoms with Crippen molar-refractivity contribution >= 4 is 22.6 Å². The average Bonchev–Trinajstić information content (AvgIpc) is 3.38. The van der Waals surface area contributed by atoms with Crippen LogP contribution >= 0.6 is 0 Å². The monoisotopic (exact) mass is 452 g/mol. The highest BCUT2D eigenvalue weighted by Gasteiger charge is 2.27. The molecular formula is C24H20N8O2. The van der Waals surface area contributed by atoms with Crippen molar-refractivity contribution in [1.29, 1.82) is 5.26 Å². The first-order chi connectivity index (χ1) is 16.5. The summed E-state index contributed by atoms with van der Waals surface area (Å²) >= 11 is 0. The molecule has 1 atom stereocenters. The van der Waals surface area contributed by atoms with Crippen molar-refractivity contribution in [1.82, 2.24) is 29.8 Å². The van der Waals surface area contributed by atoms with E-state index in [2.05, 4.69) is 24.9 Å². The average molecular weight is 452 g/mol. The minimum absolute atomic E-state index is 0.185. The molecular weight excluding hydrogens is 432 g/mol. The maximum absolute atomic E-state index is 13.7. The van der Waals surface area contributed by atoms with E-state index in [4.69, 9.17) is 15.7 Å². The van der Waals surface area contributed by atoms with E-state index in [1.165, 1.54) is 6.20 Å². The minimum atomic E-state index is -0.456. The number of nitrogens with two attached hydrogens (primary N) is 1. The topological polar surface area (TPSA) is 144 Å². The second-order valence-corrected chi connectivity index (χ2v) is 7.90. The molecule has 1 aliphatic rings. The molecule has 0 aliphatic carbocycles. The van der Waals surface area contributed by atoms with Crippen LogP contribution in [-0.4, -0.2) is 35.7 Å². The van der Waals surface area contributed by atoms with Crippen molar-refractivity contribution in [3.63, 3.8) is 0 Å². The third kappa shape index (κ3) is 3.89. The molecule has 0 fully saturated rings. The van der Waals surface area contributed by atoms with Gasteiger partial charge in [0.1, 0.15) is 23.4 Å². The molecule has 0 aromatic carbocycles. The van der Waals surface area contributed by atoms with Crippen LogP contribution in [0, 0.1) is 11.3 Å². The van der Waals surface area contributed by atoms with E-state index in [0.717, 1.165) is 16.5 Å². The summed E-state index contributed by atoms with van der Waals surface area (Å²) in [5.41, 5.74) is 9.77. The lowest BCUT2D eigenvalue weighted by molar-refractivity contribution is 0.0657. The van der Waals surface area contributed by atoms with Crippen molar-refractivity contribution < 1.29 is 9.53 Å². The van der Waals surface area contributed by atoms with Gasteiger partial charge in [-0.1, -0.05) is 0 Å². The molecule has 0 radical (unpaired) electrons. The van der Waals surface area contributed by atoms with Gasteiger partial charge in [0, 0.05) is 29.5 Å². The van der Waals surface area contributed by atoms with Gasteiger partial charge < -0.3 is 15.4 Å². The molecule has 0 spiro atoms. The maximum Gasteiger partial charge on any atom is 0.273 e. The fourth-order valence-electron chi connectivity index (χ4n) is 3.95. The van der Waals surface area contributed by atoms with Gasteiger partial charge in [-0.15, -0.1) is 0 Å². The van der Waals surface area contributed by atoms with E-state index in [1.54, 1.807) is 47.8 Å². The van der Waals surface area contributed by atoms with E-state index in [9.17, 15) is 4.79 Å². The lowest BCUT2D eigenvalue weighted by Gasteiger charge is -2.28. The number of nitrogens with zero attached hydrogens (tertiary/aromatic N) is 7. The molecule has 0 saturated heterocycles. The smallest absolute Gasteiger partial charge is 0.273 e. The summed E-state index contributed by atoms with van der Waals surface area (Å²) in [5.74, 6) is 0.607. The predicted molar refractivity (Wildman–Crippen MR) is 122 cm³/mol. The lowest BCUT2D eigenvalue weighted by Crippen LogP contribution is -2.35. The molecule has 5 rings (SSSR count). The molecule has 2 N–H and O–H groups in total. The van der Waals surface area contributed by atoms with Gasteiger partial charge in [0.2, 0.25) is 0 Å². The van der Waals surface area contributed by atoms with Gasteiger partial charge in [0.05, 0.1) is 48.8 Å². The van der Waals surface area contributed by atoms with Crippen LogP contribution in [0.25, 0.3) is 10.9 Å². The number of aromatic nitrogens is 5. The number of ether oxygens (including phenoxy) is 1. The molecule has 34 heavy (non-hydrogen) atoms. The van der Waals surface area contributed by atoms with Crippen LogP contribution in [0.1, 0.15) is 51.7 Å². The van der Waals surface area contributed by atoms with E-state index in [1.807, 2.05) is 13.0 Å². The molecule has 10 nitrogen and oxygen atoms in total. The molecule has 168 valence electrons. The van der Waals surface area contributed by atoms with Crippen molar-refractivity contribution in [3.8, 4) is 6.07 Å². The quantitative estimate of drug-likeness (QED) is 0.483. The number of hydrogen-bond acceptors (Lipinski definition) is 9. The zero-order valence-corrected chi connectivity index (χ0v) is 18.3. The van der Waals surface area contributed by atoms with Crippen molar-refractivity contribution in [2.45, 2.75) is 32.7 Å². The van der Waals surface area contributed by atoms with Gasteiger partial charge in [-0.2, -0.15) is 5.26 Å². The summed E-state index contributed by atoms with van der Waals surface area (Å²) in [7, 11) is 0. The number of nitrogen functional groups attached to an aromatic ring is 1. The van der Waals surface area contributed by atoms with Gasteiger partial charge in [-0.25, -0.2) is 19.9 Å². The zero-order chi connectivity index (χ0) is 23.7. The first-order valence-electron chi connectivity index (χ1n) is 10.6. The molecule has 10 heteroatoms. The summed E-state index contributed by atoms with van der Waals surface area (Å²) in [5, 5.41) is 9.85. The normalized spacial score (nSPS) is 13.3. The van der Waals surface area contributed by atoms with Crippen LogP contribution in [0.4, 0.5) is 5.82 Å². The van der Waals surface area contributed by atoms with Crippen LogP contribution in [0.3, 0.4) is 0 Å². The molecule has 1 aliphatic heterocycles. The third-order valence-corrected chi connectivity index (χ3v) is 5.81. The number of carbonyl (C=O) groups is 1. The summed E-state index contributed by atoms with van der Waals surface area (Å²) in [6, 6.07) is 8.44. The van der Waals surface area contributed by atoms with Gasteiger partial charge in [0.15, 0.2) is 0 Å². The van der Waals surface area contributed by atoms with Crippen LogP contribution in [0.5, 0.6) is 0 Å². The van der Waals surface area contributed by atoms with Crippen LogP contribution < -0.4 is 5.73 Å². The number of hydrogen-bond donors (Lipinski definition) is 1. The van der Waals surface area contributed by atoms with Gasteiger partial charge in [-0.3, -0.25) is 9.78 Å². The Morgan fingerprint density at radius 3 is 2.71 bits per heavy atom. The highest BCUT2D eigenvalue weighted by Crippen LogP contribution is 2.31. The lowest BCUT2D eigenvalue weighted by atomic mass is 10.0. The largest absolute Gasteiger partial charge is 0.383 e. The maximum atomic E-state index is 13.7. The third-order valence-electron chi connectivity index (χ3n) is 5.81. The molecule has 0 unspecified atom stereocenters. The van der Waals surface area contributed by atoms with Crippen LogP contribution in [0.2, 0.25) is 0 Å². The standard InChI is InChI=1S/C24H20N8O2/c1-14(23-27-5-2-6-28-23)32(11-16-4-3-15(8-25)9-29-16)24(33)20-7-17-18-12-34-13-19(18)22(26)31-21(17)10-30-20/h2-7,9-10,14H,11-13H2,1H3,(H2,26,31)/t14-/m1/s1. The first-order valence-corrected chi connectivity index (χ1v) is 10.6. The Hall–Kier alpha value is -4.49. The highest BCUT2D eigenvalue weighted by molar-refractivity contribution is 5.97. The Morgan fingerprint density at radius 1 is 1.18 bits per heavy atom. The number of pyridine rings is 3. The minimum Gasteiger partial charge on any atom is -0.383 e. The number of fused-ring (bicyclic) bond motifs is 3. The van der Waals surface area contributed by atoms with Crippen LogP contribution in [-0.2, 0) is 24.5 Å². The Kier molecular flexibility index (Phi) is 5.53. The van der Waals surface area contributed by atoms with E-state index in [-0.39, 0.29) is 18.1 Å². The zero-order valence-electron chi connectivity index (χ0n) is 18.3. The number of amides is 1. The Morgan fingerprint density at radius 2 is 1.97 bits per heavy atom. The van der Waals surface area contributed by atoms with E-state index >= 15 is 0 Å². The summed E-state index contributed by atoms with van der Waals surface area (Å²) < 4.78 is 5.56. The Bertz CT molecular complexity index is 1420. The fourth-order valence-corrected chi connectivity index (χ4v) is 3.95. The number of nitriles is 1. The van der Waals surface area contributed by atoms with Gasteiger partial charge in [-0.05, 0) is 36.8 Å². The Labute approximate surface area is 195 Å². The summed E-state index contributed by atoms with van der Waals surface area (Å²) in [6.07, 6.45) is 6.30. The first kappa shape index (κ1) is 21.4. The number of rotatable bonds is 5. The number of anilines is 1. The molecule has 4 aromatic heterocycles. The van der Waals surface area contributed by atoms with Gasteiger partial charge in [0.25, 0.3) is 5.91 Å². The SMILES string of the molecule is C[C@H](c1ncccn1)N(Cc1ccc(C#N)cn1)C(=O)c1cc2c3c(c(N)nc2cn1)COC3.